The standard InChI is InChI=1S/C24H17ClFNO3/c25-21-14-18(26)8-12-22(21)29-15-20-11-13-23(30-20)24(28)27-19-9-6-17(7-10-19)16-4-2-1-3-5-16/h1-14H,15H2,(H,27,28). The minimum absolute atomic E-state index is 0.0599. The van der Waals surface area contributed by atoms with E-state index < -0.39 is 5.82 Å². The smallest absolute Gasteiger partial charge is 0.291 e. The van der Waals surface area contributed by atoms with E-state index in [9.17, 15) is 9.18 Å². The highest BCUT2D eigenvalue weighted by Crippen LogP contribution is 2.26. The van der Waals surface area contributed by atoms with Crippen molar-refractivity contribution in [2.75, 3.05) is 5.32 Å². The first-order valence-corrected chi connectivity index (χ1v) is 9.60. The fourth-order valence-electron chi connectivity index (χ4n) is 2.89. The third-order valence-electron chi connectivity index (χ3n) is 4.40. The predicted octanol–water partition coefficient (Wildman–Crippen LogP) is 6.57. The van der Waals surface area contributed by atoms with E-state index in [4.69, 9.17) is 20.8 Å². The van der Waals surface area contributed by atoms with Gasteiger partial charge in [-0.3, -0.25) is 4.79 Å². The summed E-state index contributed by atoms with van der Waals surface area (Å²) in [5, 5.41) is 2.97. The maximum Gasteiger partial charge on any atom is 0.291 e. The molecule has 0 aliphatic rings. The monoisotopic (exact) mass is 421 g/mol. The van der Waals surface area contributed by atoms with Crippen LogP contribution in [-0.2, 0) is 6.61 Å². The van der Waals surface area contributed by atoms with E-state index in [0.717, 1.165) is 11.1 Å². The molecular formula is C24H17ClFNO3. The number of benzene rings is 3. The first-order valence-electron chi connectivity index (χ1n) is 9.22. The summed E-state index contributed by atoms with van der Waals surface area (Å²) in [5.41, 5.74) is 2.82. The van der Waals surface area contributed by atoms with Gasteiger partial charge >= 0.3 is 0 Å². The number of anilines is 1. The van der Waals surface area contributed by atoms with Gasteiger partial charge in [-0.1, -0.05) is 54.1 Å². The van der Waals surface area contributed by atoms with Gasteiger partial charge in [0.15, 0.2) is 5.76 Å². The molecule has 0 spiro atoms. The number of halogens is 2. The third-order valence-corrected chi connectivity index (χ3v) is 4.69. The minimum atomic E-state index is -0.443. The van der Waals surface area contributed by atoms with Crippen molar-refractivity contribution in [1.82, 2.24) is 0 Å². The van der Waals surface area contributed by atoms with Crippen LogP contribution in [0.2, 0.25) is 5.02 Å². The highest BCUT2D eigenvalue weighted by atomic mass is 35.5. The molecule has 4 aromatic rings. The van der Waals surface area contributed by atoms with Gasteiger partial charge in [0.05, 0.1) is 5.02 Å². The van der Waals surface area contributed by atoms with E-state index in [1.807, 2.05) is 54.6 Å². The van der Waals surface area contributed by atoms with Gasteiger partial charge < -0.3 is 14.5 Å². The lowest BCUT2D eigenvalue weighted by Gasteiger charge is -2.07. The van der Waals surface area contributed by atoms with Gasteiger partial charge in [0.1, 0.15) is 23.9 Å². The van der Waals surface area contributed by atoms with Crippen molar-refractivity contribution in [1.29, 1.82) is 0 Å². The van der Waals surface area contributed by atoms with E-state index in [0.29, 0.717) is 17.2 Å². The van der Waals surface area contributed by atoms with Gasteiger partial charge in [0.2, 0.25) is 0 Å². The van der Waals surface area contributed by atoms with Crippen molar-refractivity contribution in [3.63, 3.8) is 0 Å². The Bertz CT molecular complexity index is 1160. The molecule has 150 valence electrons. The SMILES string of the molecule is O=C(Nc1ccc(-c2ccccc2)cc1)c1ccc(COc2ccc(F)cc2Cl)o1. The van der Waals surface area contributed by atoms with Gasteiger partial charge in [-0.25, -0.2) is 4.39 Å². The van der Waals surface area contributed by atoms with Crippen LogP contribution in [0.25, 0.3) is 11.1 Å². The number of carbonyl (C=O) groups is 1. The summed E-state index contributed by atoms with van der Waals surface area (Å²) >= 11 is 5.93. The molecule has 1 aromatic heterocycles. The molecule has 0 radical (unpaired) electrons. The van der Waals surface area contributed by atoms with Crippen molar-refractivity contribution in [2.45, 2.75) is 6.61 Å². The summed E-state index contributed by atoms with van der Waals surface area (Å²) in [6, 6.07) is 24.6. The van der Waals surface area contributed by atoms with E-state index in [1.54, 1.807) is 12.1 Å². The Hall–Kier alpha value is -3.57. The lowest BCUT2D eigenvalue weighted by molar-refractivity contribution is 0.0992. The number of carbonyl (C=O) groups excluding carboxylic acids is 1. The molecule has 0 bridgehead atoms. The van der Waals surface area contributed by atoms with Crippen LogP contribution < -0.4 is 10.1 Å². The molecule has 1 N–H and O–H groups in total. The van der Waals surface area contributed by atoms with Crippen molar-refractivity contribution >= 4 is 23.2 Å². The van der Waals surface area contributed by atoms with Gasteiger partial charge in [0.25, 0.3) is 5.91 Å². The minimum Gasteiger partial charge on any atom is -0.484 e. The fraction of sp³-hybridized carbons (Fsp3) is 0.0417. The van der Waals surface area contributed by atoms with Crippen LogP contribution in [-0.4, -0.2) is 5.91 Å². The van der Waals surface area contributed by atoms with Crippen molar-refractivity contribution in [3.05, 3.63) is 107 Å². The van der Waals surface area contributed by atoms with Gasteiger partial charge in [-0.2, -0.15) is 0 Å². The molecular weight excluding hydrogens is 405 g/mol. The van der Waals surface area contributed by atoms with Crippen LogP contribution in [0.1, 0.15) is 16.3 Å². The zero-order valence-electron chi connectivity index (χ0n) is 15.8. The number of ether oxygens (including phenoxy) is 1. The molecule has 0 atom stereocenters. The average Bonchev–Trinajstić information content (AvgIpc) is 3.24. The summed E-state index contributed by atoms with van der Waals surface area (Å²) in [6.07, 6.45) is 0. The van der Waals surface area contributed by atoms with E-state index in [2.05, 4.69) is 5.32 Å². The topological polar surface area (TPSA) is 51.5 Å². The highest BCUT2D eigenvalue weighted by molar-refractivity contribution is 6.32. The molecule has 1 amide bonds. The molecule has 4 rings (SSSR count). The molecule has 0 aliphatic heterocycles. The van der Waals surface area contributed by atoms with Gasteiger partial charge in [-0.05, 0) is 53.6 Å². The second-order valence-corrected chi connectivity index (χ2v) is 6.93. The van der Waals surface area contributed by atoms with Crippen LogP contribution in [0.4, 0.5) is 10.1 Å². The van der Waals surface area contributed by atoms with Crippen molar-refractivity contribution < 1.29 is 18.3 Å². The molecule has 30 heavy (non-hydrogen) atoms. The third kappa shape index (κ3) is 4.70. The van der Waals surface area contributed by atoms with Crippen LogP contribution in [0, 0.1) is 5.82 Å². The Morgan fingerprint density at radius 2 is 1.67 bits per heavy atom. The zero-order chi connectivity index (χ0) is 20.9. The Morgan fingerprint density at radius 1 is 0.933 bits per heavy atom. The van der Waals surface area contributed by atoms with Crippen LogP contribution in [0.5, 0.6) is 5.75 Å². The molecule has 0 unspecified atom stereocenters. The Labute approximate surface area is 177 Å². The second-order valence-electron chi connectivity index (χ2n) is 6.53. The van der Waals surface area contributed by atoms with Gasteiger partial charge in [-0.15, -0.1) is 0 Å². The van der Waals surface area contributed by atoms with Crippen molar-refractivity contribution in [2.24, 2.45) is 0 Å². The summed E-state index contributed by atoms with van der Waals surface area (Å²) in [4.78, 5) is 12.4. The number of hydrogen-bond donors (Lipinski definition) is 1. The van der Waals surface area contributed by atoms with Gasteiger partial charge in [0, 0.05) is 5.69 Å². The highest BCUT2D eigenvalue weighted by Gasteiger charge is 2.13. The molecule has 6 heteroatoms. The van der Waals surface area contributed by atoms with Crippen LogP contribution >= 0.6 is 11.6 Å². The largest absolute Gasteiger partial charge is 0.484 e. The average molecular weight is 422 g/mol. The molecule has 3 aromatic carbocycles. The van der Waals surface area contributed by atoms with E-state index >= 15 is 0 Å². The number of amides is 1. The lowest BCUT2D eigenvalue weighted by Crippen LogP contribution is -2.10. The Balaban J connectivity index is 1.37. The Kier molecular flexibility index (Phi) is 5.82. The van der Waals surface area contributed by atoms with Crippen molar-refractivity contribution in [3.8, 4) is 16.9 Å². The quantitative estimate of drug-likeness (QED) is 0.383. The summed E-state index contributed by atoms with van der Waals surface area (Å²) in [6.45, 7) is 0.0599. The molecule has 0 saturated heterocycles. The second kappa shape index (κ2) is 8.84. The maximum absolute atomic E-state index is 13.1. The number of furan rings is 1. The molecule has 4 nitrogen and oxygen atoms in total. The molecule has 1 heterocycles. The normalized spacial score (nSPS) is 10.6. The summed E-state index contributed by atoms with van der Waals surface area (Å²) in [7, 11) is 0. The number of rotatable bonds is 6. The molecule has 0 aliphatic carbocycles. The summed E-state index contributed by atoms with van der Waals surface area (Å²) in [5.74, 6) is 0.125. The van der Waals surface area contributed by atoms with E-state index in [-0.39, 0.29) is 23.3 Å². The van der Waals surface area contributed by atoms with E-state index in [1.165, 1.54) is 18.2 Å². The predicted molar refractivity (Wildman–Crippen MR) is 114 cm³/mol. The molecule has 0 saturated carbocycles. The van der Waals surface area contributed by atoms with Crippen LogP contribution in [0.3, 0.4) is 0 Å². The first-order chi connectivity index (χ1) is 14.6. The zero-order valence-corrected chi connectivity index (χ0v) is 16.5. The molecule has 0 fully saturated rings. The fourth-order valence-corrected chi connectivity index (χ4v) is 3.11. The van der Waals surface area contributed by atoms with Crippen LogP contribution in [0.15, 0.2) is 89.3 Å². The number of hydrogen-bond acceptors (Lipinski definition) is 3. The summed E-state index contributed by atoms with van der Waals surface area (Å²) < 4.78 is 24.1. The maximum atomic E-state index is 13.1. The first kappa shape index (κ1) is 19.7. The Morgan fingerprint density at radius 3 is 2.40 bits per heavy atom. The number of nitrogens with one attached hydrogen (secondary N) is 1. The lowest BCUT2D eigenvalue weighted by atomic mass is 10.1.